The lowest BCUT2D eigenvalue weighted by molar-refractivity contribution is -0.138. The molecule has 0 aromatic heterocycles. The molecular formula is C6H14N2O5S. The Morgan fingerprint density at radius 3 is 2.50 bits per heavy atom. The summed E-state index contributed by atoms with van der Waals surface area (Å²) in [4.78, 5) is 10.2. The highest BCUT2D eigenvalue weighted by Crippen LogP contribution is 1.93. The predicted octanol–water partition coefficient (Wildman–Crippen LogP) is -2.30. The summed E-state index contributed by atoms with van der Waals surface area (Å²) in [6, 6.07) is -1.18. The summed E-state index contributed by atoms with van der Waals surface area (Å²) in [6.45, 7) is -0.380. The van der Waals surface area contributed by atoms with Gasteiger partial charge in [0.15, 0.2) is 0 Å². The van der Waals surface area contributed by atoms with E-state index >= 15 is 0 Å². The molecule has 0 aromatic carbocycles. The van der Waals surface area contributed by atoms with E-state index in [1.54, 1.807) is 0 Å². The van der Waals surface area contributed by atoms with Crippen LogP contribution in [-0.4, -0.2) is 49.5 Å². The van der Waals surface area contributed by atoms with Crippen molar-refractivity contribution in [2.45, 2.75) is 12.5 Å². The number of aliphatic hydroxyl groups excluding tert-OH is 1. The van der Waals surface area contributed by atoms with E-state index in [1.807, 2.05) is 0 Å². The third-order valence-corrected chi connectivity index (χ3v) is 2.87. The fourth-order valence-electron chi connectivity index (χ4n) is 0.679. The molecule has 0 bridgehead atoms. The Morgan fingerprint density at radius 1 is 1.50 bits per heavy atom. The normalized spacial score (nSPS) is 13.9. The van der Waals surface area contributed by atoms with Gasteiger partial charge >= 0.3 is 5.97 Å². The lowest BCUT2D eigenvalue weighted by Gasteiger charge is -2.07. The number of hydrogen-bond acceptors (Lipinski definition) is 5. The topological polar surface area (TPSA) is 130 Å². The van der Waals surface area contributed by atoms with Crippen molar-refractivity contribution in [2.75, 3.05) is 18.9 Å². The largest absolute Gasteiger partial charge is 0.480 e. The van der Waals surface area contributed by atoms with Crippen molar-refractivity contribution in [2.24, 2.45) is 5.73 Å². The Morgan fingerprint density at radius 2 is 2.07 bits per heavy atom. The van der Waals surface area contributed by atoms with Gasteiger partial charge in [-0.3, -0.25) is 4.79 Å². The molecule has 84 valence electrons. The van der Waals surface area contributed by atoms with E-state index < -0.39 is 22.0 Å². The first-order valence-corrected chi connectivity index (χ1v) is 5.61. The average Bonchev–Trinajstić information content (AvgIpc) is 2.11. The lowest BCUT2D eigenvalue weighted by atomic mass is 10.2. The molecule has 0 unspecified atom stereocenters. The van der Waals surface area contributed by atoms with E-state index in [4.69, 9.17) is 15.9 Å². The van der Waals surface area contributed by atoms with E-state index in [1.165, 1.54) is 0 Å². The van der Waals surface area contributed by atoms with Gasteiger partial charge in [-0.1, -0.05) is 0 Å². The van der Waals surface area contributed by atoms with Crippen molar-refractivity contribution >= 4 is 16.0 Å². The van der Waals surface area contributed by atoms with Gasteiger partial charge in [-0.15, -0.1) is 0 Å². The maximum atomic E-state index is 11.0. The second kappa shape index (κ2) is 5.91. The summed E-state index contributed by atoms with van der Waals surface area (Å²) in [5.74, 6) is -1.59. The first kappa shape index (κ1) is 13.3. The Balaban J connectivity index is 3.93. The van der Waals surface area contributed by atoms with E-state index in [2.05, 4.69) is 4.72 Å². The number of rotatable bonds is 7. The van der Waals surface area contributed by atoms with Crippen LogP contribution in [0.1, 0.15) is 6.42 Å². The Hall–Kier alpha value is -0.700. The highest BCUT2D eigenvalue weighted by molar-refractivity contribution is 7.89. The molecule has 0 saturated heterocycles. The van der Waals surface area contributed by atoms with Crippen molar-refractivity contribution in [1.29, 1.82) is 0 Å². The summed E-state index contributed by atoms with van der Waals surface area (Å²) in [5.41, 5.74) is 5.11. The Bertz CT molecular complexity index is 276. The molecule has 14 heavy (non-hydrogen) atoms. The SMILES string of the molecule is N[C@@H](CCS(=O)(=O)NCCO)C(=O)O. The van der Waals surface area contributed by atoms with Crippen LogP contribution in [0.5, 0.6) is 0 Å². The minimum absolute atomic E-state index is 0.0787. The van der Waals surface area contributed by atoms with Gasteiger partial charge in [-0.25, -0.2) is 13.1 Å². The minimum Gasteiger partial charge on any atom is -0.480 e. The fraction of sp³-hybridized carbons (Fsp3) is 0.833. The monoisotopic (exact) mass is 226 g/mol. The molecule has 8 heteroatoms. The number of hydrogen-bond donors (Lipinski definition) is 4. The second-order valence-corrected chi connectivity index (χ2v) is 4.60. The van der Waals surface area contributed by atoms with Gasteiger partial charge in [0.1, 0.15) is 6.04 Å². The van der Waals surface area contributed by atoms with Crippen LogP contribution in [0.4, 0.5) is 0 Å². The summed E-state index contributed by atoms with van der Waals surface area (Å²) >= 11 is 0. The van der Waals surface area contributed by atoms with Gasteiger partial charge in [-0.05, 0) is 6.42 Å². The highest BCUT2D eigenvalue weighted by atomic mass is 32.2. The molecule has 1 atom stereocenters. The second-order valence-electron chi connectivity index (χ2n) is 2.67. The van der Waals surface area contributed by atoms with Crippen LogP contribution in [-0.2, 0) is 14.8 Å². The number of nitrogens with two attached hydrogens (primary N) is 1. The van der Waals surface area contributed by atoms with Crippen LogP contribution in [0.2, 0.25) is 0 Å². The van der Waals surface area contributed by atoms with Crippen LogP contribution >= 0.6 is 0 Å². The molecular weight excluding hydrogens is 212 g/mol. The number of carbonyl (C=O) groups is 1. The maximum Gasteiger partial charge on any atom is 0.320 e. The minimum atomic E-state index is -3.53. The zero-order valence-electron chi connectivity index (χ0n) is 7.51. The number of nitrogens with one attached hydrogen (secondary N) is 1. The molecule has 0 saturated carbocycles. The maximum absolute atomic E-state index is 11.0. The number of aliphatic carboxylic acids is 1. The quantitative estimate of drug-likeness (QED) is 0.386. The van der Waals surface area contributed by atoms with Crippen molar-refractivity contribution in [3.05, 3.63) is 0 Å². The lowest BCUT2D eigenvalue weighted by Crippen LogP contribution is -2.35. The van der Waals surface area contributed by atoms with Gasteiger partial charge in [-0.2, -0.15) is 0 Å². The first-order valence-electron chi connectivity index (χ1n) is 3.95. The van der Waals surface area contributed by atoms with Crippen molar-refractivity contribution in [1.82, 2.24) is 4.72 Å². The van der Waals surface area contributed by atoms with Gasteiger partial charge < -0.3 is 15.9 Å². The van der Waals surface area contributed by atoms with E-state index in [0.29, 0.717) is 0 Å². The zero-order chi connectivity index (χ0) is 11.2. The highest BCUT2D eigenvalue weighted by Gasteiger charge is 2.16. The van der Waals surface area contributed by atoms with Gasteiger partial charge in [0.25, 0.3) is 0 Å². The zero-order valence-corrected chi connectivity index (χ0v) is 8.33. The number of carboxylic acid groups (broad SMARTS) is 1. The van der Waals surface area contributed by atoms with Crippen LogP contribution < -0.4 is 10.5 Å². The van der Waals surface area contributed by atoms with Crippen molar-refractivity contribution in [3.8, 4) is 0 Å². The molecule has 0 rings (SSSR count). The molecule has 0 aliphatic heterocycles. The molecule has 0 heterocycles. The summed E-state index contributed by atoms with van der Waals surface area (Å²) in [5, 5.41) is 16.7. The standard InChI is InChI=1S/C6H14N2O5S/c7-5(6(10)11)1-4-14(12,13)8-2-3-9/h5,8-9H,1-4,7H2,(H,10,11)/t5-/m0/s1. The number of carboxylic acids is 1. The smallest absolute Gasteiger partial charge is 0.320 e. The van der Waals surface area contributed by atoms with Gasteiger partial charge in [0.05, 0.1) is 12.4 Å². The van der Waals surface area contributed by atoms with Gasteiger partial charge in [0, 0.05) is 6.54 Å². The molecule has 0 amide bonds. The molecule has 5 N–H and O–H groups in total. The Kier molecular flexibility index (Phi) is 5.62. The van der Waals surface area contributed by atoms with Crippen LogP contribution in [0.3, 0.4) is 0 Å². The van der Waals surface area contributed by atoms with E-state index in [-0.39, 0.29) is 25.3 Å². The summed E-state index contributed by atoms with van der Waals surface area (Å²) in [6.07, 6.45) is -0.157. The van der Waals surface area contributed by atoms with Crippen LogP contribution in [0, 0.1) is 0 Å². The molecule has 7 nitrogen and oxygen atoms in total. The molecule has 0 aromatic rings. The van der Waals surface area contributed by atoms with Gasteiger partial charge in [0.2, 0.25) is 10.0 Å². The summed E-state index contributed by atoms with van der Waals surface area (Å²) in [7, 11) is -3.53. The third kappa shape index (κ3) is 5.86. The molecule has 0 spiro atoms. The van der Waals surface area contributed by atoms with E-state index in [9.17, 15) is 13.2 Å². The summed E-state index contributed by atoms with van der Waals surface area (Å²) < 4.78 is 24.2. The molecule has 0 aliphatic rings. The first-order chi connectivity index (χ1) is 6.39. The van der Waals surface area contributed by atoms with Crippen LogP contribution in [0.15, 0.2) is 0 Å². The number of aliphatic hydroxyl groups is 1. The van der Waals surface area contributed by atoms with Crippen LogP contribution in [0.25, 0.3) is 0 Å². The molecule has 0 fully saturated rings. The van der Waals surface area contributed by atoms with Crippen molar-refractivity contribution < 1.29 is 23.4 Å². The number of sulfonamides is 1. The van der Waals surface area contributed by atoms with E-state index in [0.717, 1.165) is 0 Å². The molecule has 0 aliphatic carbocycles. The van der Waals surface area contributed by atoms with Crippen molar-refractivity contribution in [3.63, 3.8) is 0 Å². The molecule has 0 radical (unpaired) electrons. The average molecular weight is 226 g/mol. The predicted molar refractivity (Wildman–Crippen MR) is 49.1 cm³/mol. The Labute approximate surface area is 82.0 Å². The fourth-order valence-corrected chi connectivity index (χ4v) is 1.79. The third-order valence-electron chi connectivity index (χ3n) is 1.45.